The molecule has 156 valence electrons. The number of hydrogen-bond acceptors (Lipinski definition) is 5. The van der Waals surface area contributed by atoms with Gasteiger partial charge in [0.2, 0.25) is 0 Å². The molecule has 0 fully saturated rings. The van der Waals surface area contributed by atoms with Crippen LogP contribution in [0.3, 0.4) is 0 Å². The molecule has 0 aliphatic rings. The van der Waals surface area contributed by atoms with Crippen molar-refractivity contribution in [2.24, 2.45) is 0 Å². The Labute approximate surface area is 175 Å². The summed E-state index contributed by atoms with van der Waals surface area (Å²) in [4.78, 5) is 34.4. The smallest absolute Gasteiger partial charge is 0.408 e. The first-order chi connectivity index (χ1) is 14.2. The highest BCUT2D eigenvalue weighted by molar-refractivity contribution is 6.11. The van der Waals surface area contributed by atoms with E-state index in [9.17, 15) is 9.59 Å². The summed E-state index contributed by atoms with van der Waals surface area (Å²) in [6.45, 7) is 7.21. The highest BCUT2D eigenvalue weighted by Gasteiger charge is 2.26. The van der Waals surface area contributed by atoms with Gasteiger partial charge < -0.3 is 15.4 Å². The maximum absolute atomic E-state index is 12.9. The van der Waals surface area contributed by atoms with Gasteiger partial charge >= 0.3 is 6.09 Å². The van der Waals surface area contributed by atoms with Crippen LogP contribution in [0.1, 0.15) is 49.8 Å². The molecule has 1 atom stereocenters. The van der Waals surface area contributed by atoms with Gasteiger partial charge in [-0.1, -0.05) is 30.3 Å². The lowest BCUT2D eigenvalue weighted by Crippen LogP contribution is -2.34. The average Bonchev–Trinajstić information content (AvgIpc) is 2.70. The van der Waals surface area contributed by atoms with Crippen LogP contribution in [0.4, 0.5) is 4.79 Å². The number of ether oxygens (including phenoxy) is 1. The molecule has 2 aromatic heterocycles. The summed E-state index contributed by atoms with van der Waals surface area (Å²) in [6, 6.07) is 12.6. The maximum Gasteiger partial charge on any atom is 0.408 e. The lowest BCUT2D eigenvalue weighted by molar-refractivity contribution is 0.0507. The van der Waals surface area contributed by atoms with Crippen LogP contribution in [0.2, 0.25) is 0 Å². The highest BCUT2D eigenvalue weighted by atomic mass is 16.6. The number of nitrogens with one attached hydrogen (secondary N) is 2. The molecule has 2 heterocycles. The van der Waals surface area contributed by atoms with Crippen LogP contribution in [0.25, 0.3) is 22.2 Å². The number of carbonyl (C=O) groups is 2. The molecule has 0 aliphatic carbocycles. The van der Waals surface area contributed by atoms with Crippen LogP contribution >= 0.6 is 0 Å². The van der Waals surface area contributed by atoms with Gasteiger partial charge in [0.05, 0.1) is 17.3 Å². The van der Waals surface area contributed by atoms with Crippen molar-refractivity contribution in [3.05, 3.63) is 59.9 Å². The number of nitrogens with zero attached hydrogens (tertiary/aromatic N) is 2. The fourth-order valence-corrected chi connectivity index (χ4v) is 3.24. The Hall–Kier alpha value is -3.48. The van der Waals surface area contributed by atoms with E-state index in [2.05, 4.69) is 15.6 Å². The topological polar surface area (TPSA) is 93.2 Å². The quantitative estimate of drug-likeness (QED) is 0.676. The first-order valence-corrected chi connectivity index (χ1v) is 9.77. The van der Waals surface area contributed by atoms with Crippen molar-refractivity contribution in [2.45, 2.75) is 39.3 Å². The molecular weight excluding hydrogens is 380 g/mol. The fourth-order valence-electron chi connectivity index (χ4n) is 3.24. The molecule has 0 radical (unpaired) electrons. The summed E-state index contributed by atoms with van der Waals surface area (Å²) in [5.41, 5.74) is 2.29. The van der Waals surface area contributed by atoms with E-state index in [4.69, 9.17) is 9.72 Å². The summed E-state index contributed by atoms with van der Waals surface area (Å²) in [6.07, 6.45) is 1.07. The van der Waals surface area contributed by atoms with Gasteiger partial charge in [-0.2, -0.15) is 0 Å². The molecular formula is C23H26N4O3. The SMILES string of the molecule is CNC(=O)c1c(-c2ccccc2)c(C(C)NC(=O)OC(C)(C)C)nc2ncccc12. The Balaban J connectivity index is 2.22. The number of amides is 2. The summed E-state index contributed by atoms with van der Waals surface area (Å²) in [5, 5.41) is 6.19. The van der Waals surface area contributed by atoms with E-state index in [1.165, 1.54) is 0 Å². The van der Waals surface area contributed by atoms with E-state index in [-0.39, 0.29) is 5.91 Å². The van der Waals surface area contributed by atoms with Crippen LogP contribution in [-0.2, 0) is 4.74 Å². The van der Waals surface area contributed by atoms with E-state index in [0.29, 0.717) is 27.9 Å². The molecule has 0 aliphatic heterocycles. The standard InChI is InChI=1S/C23H26N4O3/c1-14(26-22(29)30-23(2,3)4)19-17(15-10-7-6-8-11-15)18(21(28)24-5)16-12-9-13-25-20(16)27-19/h6-14H,1-5H3,(H,24,28)(H,26,29). The third kappa shape index (κ3) is 4.56. The molecule has 7 nitrogen and oxygen atoms in total. The molecule has 1 unspecified atom stereocenters. The molecule has 30 heavy (non-hydrogen) atoms. The fraction of sp³-hybridized carbons (Fsp3) is 0.304. The van der Waals surface area contributed by atoms with Crippen LogP contribution < -0.4 is 10.6 Å². The lowest BCUT2D eigenvalue weighted by atomic mass is 9.92. The Kier molecular flexibility index (Phi) is 6.01. The number of fused-ring (bicyclic) bond motifs is 1. The predicted molar refractivity (Wildman–Crippen MR) is 116 cm³/mol. The molecule has 0 saturated carbocycles. The Morgan fingerprint density at radius 2 is 1.77 bits per heavy atom. The van der Waals surface area contributed by atoms with Gasteiger partial charge in [0.15, 0.2) is 5.65 Å². The minimum Gasteiger partial charge on any atom is -0.444 e. The van der Waals surface area contributed by atoms with E-state index in [0.717, 1.165) is 5.56 Å². The van der Waals surface area contributed by atoms with Gasteiger partial charge in [0.1, 0.15) is 5.60 Å². The van der Waals surface area contributed by atoms with Crippen molar-refractivity contribution < 1.29 is 14.3 Å². The zero-order chi connectivity index (χ0) is 21.9. The number of alkyl carbamates (subject to hydrolysis) is 1. The molecule has 0 spiro atoms. The zero-order valence-corrected chi connectivity index (χ0v) is 17.8. The van der Waals surface area contributed by atoms with Gasteiger partial charge in [-0.3, -0.25) is 4.79 Å². The van der Waals surface area contributed by atoms with Crippen molar-refractivity contribution >= 4 is 23.0 Å². The van der Waals surface area contributed by atoms with Gasteiger partial charge in [0.25, 0.3) is 5.91 Å². The second-order valence-electron chi connectivity index (χ2n) is 7.93. The number of hydrogen-bond donors (Lipinski definition) is 2. The van der Waals surface area contributed by atoms with E-state index in [1.807, 2.05) is 36.4 Å². The van der Waals surface area contributed by atoms with Crippen molar-refractivity contribution in [3.8, 4) is 11.1 Å². The summed E-state index contributed by atoms with van der Waals surface area (Å²) in [7, 11) is 1.59. The average molecular weight is 406 g/mol. The normalized spacial score (nSPS) is 12.3. The Morgan fingerprint density at radius 1 is 1.07 bits per heavy atom. The zero-order valence-electron chi connectivity index (χ0n) is 17.8. The third-order valence-electron chi connectivity index (χ3n) is 4.45. The van der Waals surface area contributed by atoms with Crippen LogP contribution in [-0.4, -0.2) is 34.6 Å². The molecule has 3 rings (SSSR count). The predicted octanol–water partition coefficient (Wildman–Crippen LogP) is 4.24. The van der Waals surface area contributed by atoms with Crippen LogP contribution in [0.15, 0.2) is 48.7 Å². The Bertz CT molecular complexity index is 1070. The van der Waals surface area contributed by atoms with Crippen molar-refractivity contribution in [1.29, 1.82) is 0 Å². The van der Waals surface area contributed by atoms with Crippen molar-refractivity contribution in [2.75, 3.05) is 7.05 Å². The first-order valence-electron chi connectivity index (χ1n) is 9.77. The van der Waals surface area contributed by atoms with Crippen molar-refractivity contribution in [3.63, 3.8) is 0 Å². The van der Waals surface area contributed by atoms with Gasteiger partial charge in [-0.05, 0) is 45.4 Å². The number of rotatable bonds is 4. The van der Waals surface area contributed by atoms with E-state index >= 15 is 0 Å². The second-order valence-corrected chi connectivity index (χ2v) is 7.93. The Morgan fingerprint density at radius 3 is 2.40 bits per heavy atom. The third-order valence-corrected chi connectivity index (χ3v) is 4.45. The molecule has 0 bridgehead atoms. The van der Waals surface area contributed by atoms with Gasteiger partial charge in [-0.25, -0.2) is 14.8 Å². The van der Waals surface area contributed by atoms with Gasteiger partial charge in [-0.15, -0.1) is 0 Å². The number of benzene rings is 1. The first kappa shape index (κ1) is 21.2. The number of pyridine rings is 2. The molecule has 2 N–H and O–H groups in total. The molecule has 0 saturated heterocycles. The molecule has 2 amide bonds. The monoisotopic (exact) mass is 406 g/mol. The van der Waals surface area contributed by atoms with Crippen LogP contribution in [0, 0.1) is 0 Å². The summed E-state index contributed by atoms with van der Waals surface area (Å²) in [5.74, 6) is -0.250. The molecule has 3 aromatic rings. The number of aromatic nitrogens is 2. The largest absolute Gasteiger partial charge is 0.444 e. The maximum atomic E-state index is 12.9. The minimum atomic E-state index is -0.627. The van der Waals surface area contributed by atoms with Gasteiger partial charge in [0, 0.05) is 24.2 Å². The lowest BCUT2D eigenvalue weighted by Gasteiger charge is -2.24. The highest BCUT2D eigenvalue weighted by Crippen LogP contribution is 2.34. The van der Waals surface area contributed by atoms with Crippen LogP contribution in [0.5, 0.6) is 0 Å². The number of carbonyl (C=O) groups excluding carboxylic acids is 2. The summed E-state index contributed by atoms with van der Waals surface area (Å²) >= 11 is 0. The summed E-state index contributed by atoms with van der Waals surface area (Å²) < 4.78 is 5.39. The van der Waals surface area contributed by atoms with E-state index < -0.39 is 17.7 Å². The molecule has 7 heteroatoms. The van der Waals surface area contributed by atoms with Crippen molar-refractivity contribution in [1.82, 2.24) is 20.6 Å². The minimum absolute atomic E-state index is 0.250. The van der Waals surface area contributed by atoms with E-state index in [1.54, 1.807) is 47.0 Å². The molecule has 1 aromatic carbocycles. The second kappa shape index (κ2) is 8.49.